The van der Waals surface area contributed by atoms with E-state index in [4.69, 9.17) is 0 Å². The fraction of sp³-hybridized carbons (Fsp3) is 0.500. The molecule has 0 aromatic carbocycles. The molecule has 1 saturated heterocycles. The van der Waals surface area contributed by atoms with Gasteiger partial charge in [-0.15, -0.1) is 11.3 Å². The second-order valence-electron chi connectivity index (χ2n) is 6.43. The van der Waals surface area contributed by atoms with E-state index in [1.807, 2.05) is 42.6 Å². The zero-order chi connectivity index (χ0) is 18.0. The maximum Gasteiger partial charge on any atom is 0.261 e. The van der Waals surface area contributed by atoms with Crippen LogP contribution in [0.5, 0.6) is 0 Å². The first-order valence-electron chi connectivity index (χ1n) is 8.63. The third-order valence-corrected chi connectivity index (χ3v) is 5.75. The summed E-state index contributed by atoms with van der Waals surface area (Å²) in [6, 6.07) is 3.85. The number of carbonyl (C=O) groups excluding carboxylic acids is 2. The summed E-state index contributed by atoms with van der Waals surface area (Å²) in [7, 11) is 1.93. The van der Waals surface area contributed by atoms with Crippen molar-refractivity contribution in [2.75, 3.05) is 19.6 Å². The number of thiophene rings is 1. The van der Waals surface area contributed by atoms with E-state index < -0.39 is 0 Å². The lowest BCUT2D eigenvalue weighted by atomic mass is 10.1. The standard InChI is InChI=1S/C18H24N4O2S/c1-12-17(13(2)21(3)20-12)14-7-8-15(25-14)18(24)19-9-5-11-22-10-4-6-16(22)23/h7-8H,4-6,9-11H2,1-3H3,(H,19,24). The van der Waals surface area contributed by atoms with Gasteiger partial charge in [-0.2, -0.15) is 5.10 Å². The number of rotatable bonds is 6. The van der Waals surface area contributed by atoms with Crippen LogP contribution < -0.4 is 5.32 Å². The van der Waals surface area contributed by atoms with Crippen LogP contribution in [0.3, 0.4) is 0 Å². The number of hydrogen-bond acceptors (Lipinski definition) is 4. The molecule has 0 bridgehead atoms. The normalized spacial score (nSPS) is 14.4. The monoisotopic (exact) mass is 360 g/mol. The highest BCUT2D eigenvalue weighted by Gasteiger charge is 2.19. The van der Waals surface area contributed by atoms with Crippen LogP contribution in [-0.2, 0) is 11.8 Å². The number of nitrogens with one attached hydrogen (secondary N) is 1. The lowest BCUT2D eigenvalue weighted by molar-refractivity contribution is -0.127. The molecule has 7 heteroatoms. The average Bonchev–Trinajstić information content (AvgIpc) is 3.26. The van der Waals surface area contributed by atoms with Crippen LogP contribution in [0.15, 0.2) is 12.1 Å². The van der Waals surface area contributed by atoms with Crippen molar-refractivity contribution in [2.24, 2.45) is 7.05 Å². The Kier molecular flexibility index (Phi) is 5.22. The number of hydrogen-bond donors (Lipinski definition) is 1. The van der Waals surface area contributed by atoms with Crippen molar-refractivity contribution in [2.45, 2.75) is 33.1 Å². The minimum Gasteiger partial charge on any atom is -0.351 e. The predicted octanol–water partition coefficient (Wildman–Crippen LogP) is 2.51. The molecular weight excluding hydrogens is 336 g/mol. The molecule has 3 rings (SSSR count). The first-order valence-corrected chi connectivity index (χ1v) is 9.45. The van der Waals surface area contributed by atoms with Gasteiger partial charge in [-0.25, -0.2) is 0 Å². The minimum atomic E-state index is -0.0526. The SMILES string of the molecule is Cc1nn(C)c(C)c1-c1ccc(C(=O)NCCCN2CCCC2=O)s1. The van der Waals surface area contributed by atoms with E-state index in [-0.39, 0.29) is 11.8 Å². The van der Waals surface area contributed by atoms with E-state index in [0.717, 1.165) is 47.8 Å². The van der Waals surface area contributed by atoms with Crippen LogP contribution in [0.2, 0.25) is 0 Å². The van der Waals surface area contributed by atoms with Gasteiger partial charge in [0.05, 0.1) is 10.6 Å². The molecule has 0 aliphatic carbocycles. The summed E-state index contributed by atoms with van der Waals surface area (Å²) in [6.45, 7) is 6.18. The van der Waals surface area contributed by atoms with Gasteiger partial charge in [0.2, 0.25) is 5.91 Å². The van der Waals surface area contributed by atoms with Gasteiger partial charge >= 0.3 is 0 Å². The Labute approximate surface area is 151 Å². The zero-order valence-corrected chi connectivity index (χ0v) is 15.8. The molecule has 1 aliphatic heterocycles. The second kappa shape index (κ2) is 7.39. The molecule has 0 spiro atoms. The Bertz CT molecular complexity index is 793. The summed E-state index contributed by atoms with van der Waals surface area (Å²) < 4.78 is 1.86. The van der Waals surface area contributed by atoms with Crippen LogP contribution in [0.4, 0.5) is 0 Å². The van der Waals surface area contributed by atoms with E-state index in [2.05, 4.69) is 10.4 Å². The first kappa shape index (κ1) is 17.7. The Morgan fingerprint density at radius 2 is 2.16 bits per heavy atom. The van der Waals surface area contributed by atoms with Gasteiger partial charge in [0.15, 0.2) is 0 Å². The van der Waals surface area contributed by atoms with Crippen molar-refractivity contribution in [1.82, 2.24) is 20.0 Å². The predicted molar refractivity (Wildman–Crippen MR) is 98.8 cm³/mol. The van der Waals surface area contributed by atoms with E-state index in [1.165, 1.54) is 11.3 Å². The highest BCUT2D eigenvalue weighted by atomic mass is 32.1. The number of nitrogens with zero attached hydrogens (tertiary/aromatic N) is 3. The maximum atomic E-state index is 12.3. The van der Waals surface area contributed by atoms with Gasteiger partial charge < -0.3 is 10.2 Å². The zero-order valence-electron chi connectivity index (χ0n) is 15.0. The molecule has 134 valence electrons. The van der Waals surface area contributed by atoms with Gasteiger partial charge in [-0.05, 0) is 38.8 Å². The van der Waals surface area contributed by atoms with Gasteiger partial charge in [-0.3, -0.25) is 14.3 Å². The molecule has 6 nitrogen and oxygen atoms in total. The van der Waals surface area contributed by atoms with Crippen molar-refractivity contribution in [1.29, 1.82) is 0 Å². The van der Waals surface area contributed by atoms with Crippen LogP contribution in [-0.4, -0.2) is 46.1 Å². The van der Waals surface area contributed by atoms with Crippen molar-refractivity contribution in [3.63, 3.8) is 0 Å². The van der Waals surface area contributed by atoms with Crippen molar-refractivity contribution < 1.29 is 9.59 Å². The molecular formula is C18H24N4O2S. The summed E-state index contributed by atoms with van der Waals surface area (Å²) in [5.74, 6) is 0.180. The molecule has 0 unspecified atom stereocenters. The minimum absolute atomic E-state index is 0.0526. The maximum absolute atomic E-state index is 12.3. The highest BCUT2D eigenvalue weighted by molar-refractivity contribution is 7.17. The summed E-state index contributed by atoms with van der Waals surface area (Å²) in [6.07, 6.45) is 2.41. The number of amides is 2. The molecule has 1 aliphatic rings. The van der Waals surface area contributed by atoms with Crippen molar-refractivity contribution >= 4 is 23.2 Å². The topological polar surface area (TPSA) is 67.2 Å². The Hall–Kier alpha value is -2.15. The van der Waals surface area contributed by atoms with Gasteiger partial charge in [-0.1, -0.05) is 0 Å². The molecule has 1 fully saturated rings. The van der Waals surface area contributed by atoms with Crippen LogP contribution in [0.1, 0.15) is 40.3 Å². The van der Waals surface area contributed by atoms with Crippen molar-refractivity contribution in [3.05, 3.63) is 28.4 Å². The molecule has 1 N–H and O–H groups in total. The van der Waals surface area contributed by atoms with Gasteiger partial charge in [0.1, 0.15) is 0 Å². The summed E-state index contributed by atoms with van der Waals surface area (Å²) >= 11 is 1.49. The first-order chi connectivity index (χ1) is 12.0. The van der Waals surface area contributed by atoms with Gasteiger partial charge in [0.25, 0.3) is 5.91 Å². The lowest BCUT2D eigenvalue weighted by Crippen LogP contribution is -2.30. The number of aryl methyl sites for hydroxylation is 2. The molecule has 2 amide bonds. The lowest BCUT2D eigenvalue weighted by Gasteiger charge is -2.15. The molecule has 3 heterocycles. The second-order valence-corrected chi connectivity index (χ2v) is 7.51. The Morgan fingerprint density at radius 1 is 1.36 bits per heavy atom. The van der Waals surface area contributed by atoms with E-state index in [1.54, 1.807) is 0 Å². The Balaban J connectivity index is 1.55. The molecule has 0 radical (unpaired) electrons. The summed E-state index contributed by atoms with van der Waals surface area (Å²) in [5.41, 5.74) is 3.18. The van der Waals surface area contributed by atoms with Crippen molar-refractivity contribution in [3.8, 4) is 10.4 Å². The van der Waals surface area contributed by atoms with Crippen LogP contribution in [0, 0.1) is 13.8 Å². The molecule has 0 saturated carbocycles. The molecule has 2 aromatic heterocycles. The van der Waals surface area contributed by atoms with E-state index in [9.17, 15) is 9.59 Å². The summed E-state index contributed by atoms with van der Waals surface area (Å²) in [4.78, 5) is 27.5. The third-order valence-electron chi connectivity index (χ3n) is 4.65. The van der Waals surface area contributed by atoms with E-state index in [0.29, 0.717) is 17.8 Å². The Morgan fingerprint density at radius 3 is 2.80 bits per heavy atom. The fourth-order valence-electron chi connectivity index (χ4n) is 3.22. The smallest absolute Gasteiger partial charge is 0.261 e. The largest absolute Gasteiger partial charge is 0.351 e. The van der Waals surface area contributed by atoms with Crippen LogP contribution in [0.25, 0.3) is 10.4 Å². The molecule has 0 atom stereocenters. The molecule has 25 heavy (non-hydrogen) atoms. The number of likely N-dealkylation sites (tertiary alicyclic amines) is 1. The molecule has 2 aromatic rings. The van der Waals surface area contributed by atoms with E-state index >= 15 is 0 Å². The van der Waals surface area contributed by atoms with Gasteiger partial charge in [0, 0.05) is 49.2 Å². The highest BCUT2D eigenvalue weighted by Crippen LogP contribution is 2.32. The fourth-order valence-corrected chi connectivity index (χ4v) is 4.30. The quantitative estimate of drug-likeness (QED) is 0.805. The number of carbonyl (C=O) groups is 2. The number of aromatic nitrogens is 2. The summed E-state index contributed by atoms with van der Waals surface area (Å²) in [5, 5.41) is 7.39. The van der Waals surface area contributed by atoms with Crippen LogP contribution >= 0.6 is 11.3 Å². The average molecular weight is 360 g/mol. The third kappa shape index (κ3) is 3.76.